The Labute approximate surface area is 120 Å². The van der Waals surface area contributed by atoms with Gasteiger partial charge in [0.2, 0.25) is 5.91 Å². The molecule has 3 N–H and O–H groups in total. The lowest BCUT2D eigenvalue weighted by molar-refractivity contribution is -0.122. The fourth-order valence-corrected chi connectivity index (χ4v) is 2.45. The molecule has 1 aromatic heterocycles. The molecule has 0 aromatic carbocycles. The van der Waals surface area contributed by atoms with E-state index in [-0.39, 0.29) is 5.91 Å². The first kappa shape index (κ1) is 14.8. The Morgan fingerprint density at radius 3 is 2.95 bits per heavy atom. The lowest BCUT2D eigenvalue weighted by Crippen LogP contribution is -2.40. The summed E-state index contributed by atoms with van der Waals surface area (Å²) in [5.41, 5.74) is 6.86. The minimum absolute atomic E-state index is 0.0774. The number of carbonyl (C=O) groups is 1. The third-order valence-corrected chi connectivity index (χ3v) is 3.64. The Hall–Kier alpha value is -1.62. The van der Waals surface area contributed by atoms with Gasteiger partial charge in [-0.1, -0.05) is 13.3 Å². The second kappa shape index (κ2) is 7.24. The van der Waals surface area contributed by atoms with Gasteiger partial charge in [-0.25, -0.2) is 4.98 Å². The Morgan fingerprint density at radius 2 is 2.25 bits per heavy atom. The molecule has 1 atom stereocenters. The number of aromatic nitrogens is 1. The topological polar surface area (TPSA) is 71.2 Å². The zero-order valence-corrected chi connectivity index (χ0v) is 12.1. The predicted molar refractivity (Wildman–Crippen MR) is 80.4 cm³/mol. The van der Waals surface area contributed by atoms with Crippen molar-refractivity contribution >= 4 is 11.7 Å². The van der Waals surface area contributed by atoms with Crippen molar-refractivity contribution in [3.63, 3.8) is 0 Å². The first-order valence-electron chi connectivity index (χ1n) is 7.44. The van der Waals surface area contributed by atoms with Crippen LogP contribution in [0.15, 0.2) is 18.3 Å². The third-order valence-electron chi connectivity index (χ3n) is 3.64. The molecule has 0 aliphatic carbocycles. The van der Waals surface area contributed by atoms with Crippen LogP contribution in [0.5, 0.6) is 0 Å². The molecule has 2 heterocycles. The highest BCUT2D eigenvalue weighted by atomic mass is 16.2. The highest BCUT2D eigenvalue weighted by Gasteiger charge is 2.14. The second-order valence-electron chi connectivity index (χ2n) is 5.33. The number of rotatable bonds is 6. The molecule has 0 spiro atoms. The van der Waals surface area contributed by atoms with Crippen molar-refractivity contribution in [2.75, 3.05) is 18.0 Å². The quantitative estimate of drug-likeness (QED) is 0.824. The van der Waals surface area contributed by atoms with Crippen LogP contribution in [0.25, 0.3) is 0 Å². The molecule has 1 aliphatic rings. The maximum atomic E-state index is 11.8. The van der Waals surface area contributed by atoms with Gasteiger partial charge in [0.05, 0.1) is 6.04 Å². The van der Waals surface area contributed by atoms with Gasteiger partial charge in [-0.05, 0) is 37.0 Å². The summed E-state index contributed by atoms with van der Waals surface area (Å²) < 4.78 is 0. The fraction of sp³-hybridized carbons (Fsp3) is 0.600. The molecule has 110 valence electrons. The van der Waals surface area contributed by atoms with Crippen LogP contribution in [0.1, 0.15) is 38.2 Å². The van der Waals surface area contributed by atoms with Gasteiger partial charge in [0.15, 0.2) is 0 Å². The average molecular weight is 276 g/mol. The summed E-state index contributed by atoms with van der Waals surface area (Å²) in [4.78, 5) is 18.5. The molecule has 1 aliphatic heterocycles. The first-order valence-corrected chi connectivity index (χ1v) is 7.44. The van der Waals surface area contributed by atoms with E-state index in [1.165, 1.54) is 12.8 Å². The van der Waals surface area contributed by atoms with Gasteiger partial charge in [0, 0.05) is 25.8 Å². The smallest absolute Gasteiger partial charge is 0.237 e. The van der Waals surface area contributed by atoms with Crippen LogP contribution in [-0.4, -0.2) is 30.0 Å². The SMILES string of the molecule is CCCC(N)C(=O)NCc1ccnc(N2CCCC2)c1. The summed E-state index contributed by atoms with van der Waals surface area (Å²) in [6.07, 6.45) is 5.91. The molecule has 1 fully saturated rings. The minimum Gasteiger partial charge on any atom is -0.357 e. The van der Waals surface area contributed by atoms with Crippen LogP contribution >= 0.6 is 0 Å². The average Bonchev–Trinajstić information content (AvgIpc) is 2.99. The molecule has 0 bridgehead atoms. The van der Waals surface area contributed by atoms with Gasteiger partial charge in [-0.15, -0.1) is 0 Å². The molecule has 20 heavy (non-hydrogen) atoms. The molecule has 1 aromatic rings. The predicted octanol–water partition coefficient (Wildman–Crippen LogP) is 1.43. The van der Waals surface area contributed by atoms with Crippen molar-refractivity contribution in [3.8, 4) is 0 Å². The summed E-state index contributed by atoms with van der Waals surface area (Å²) in [6.45, 7) is 4.69. The van der Waals surface area contributed by atoms with Gasteiger partial charge in [0.25, 0.3) is 0 Å². The molecule has 0 radical (unpaired) electrons. The third kappa shape index (κ3) is 3.93. The van der Waals surface area contributed by atoms with Crippen molar-refractivity contribution in [2.45, 2.75) is 45.2 Å². The van der Waals surface area contributed by atoms with Gasteiger partial charge >= 0.3 is 0 Å². The van der Waals surface area contributed by atoms with Crippen LogP contribution in [0.4, 0.5) is 5.82 Å². The summed E-state index contributed by atoms with van der Waals surface area (Å²) >= 11 is 0. The second-order valence-corrected chi connectivity index (χ2v) is 5.33. The van der Waals surface area contributed by atoms with Crippen LogP contribution in [0, 0.1) is 0 Å². The monoisotopic (exact) mass is 276 g/mol. The summed E-state index contributed by atoms with van der Waals surface area (Å²) in [5.74, 6) is 0.929. The van der Waals surface area contributed by atoms with Crippen molar-refractivity contribution < 1.29 is 4.79 Å². The summed E-state index contributed by atoms with van der Waals surface area (Å²) in [6, 6.07) is 3.59. The van der Waals surface area contributed by atoms with Crippen molar-refractivity contribution in [3.05, 3.63) is 23.9 Å². The van der Waals surface area contributed by atoms with Gasteiger partial charge in [-0.2, -0.15) is 0 Å². The molecule has 0 saturated carbocycles. The Morgan fingerprint density at radius 1 is 1.50 bits per heavy atom. The molecule has 5 heteroatoms. The van der Waals surface area contributed by atoms with E-state index in [1.54, 1.807) is 6.20 Å². The maximum Gasteiger partial charge on any atom is 0.237 e. The summed E-state index contributed by atoms with van der Waals surface area (Å²) in [7, 11) is 0. The number of anilines is 1. The molecule has 1 amide bonds. The molecular weight excluding hydrogens is 252 g/mol. The molecule has 5 nitrogen and oxygen atoms in total. The normalized spacial score (nSPS) is 16.2. The molecule has 1 unspecified atom stereocenters. The van der Waals surface area contributed by atoms with Gasteiger partial charge < -0.3 is 16.0 Å². The maximum absolute atomic E-state index is 11.8. The van der Waals surface area contributed by atoms with Crippen molar-refractivity contribution in [1.29, 1.82) is 0 Å². The van der Waals surface area contributed by atoms with Gasteiger partial charge in [0.1, 0.15) is 5.82 Å². The molecular formula is C15H24N4O. The van der Waals surface area contributed by atoms with Crippen LogP contribution in [0.2, 0.25) is 0 Å². The van der Waals surface area contributed by atoms with Crippen molar-refractivity contribution in [2.24, 2.45) is 5.73 Å². The number of amides is 1. The largest absolute Gasteiger partial charge is 0.357 e. The van der Waals surface area contributed by atoms with E-state index in [1.807, 2.05) is 13.0 Å². The van der Waals surface area contributed by atoms with E-state index >= 15 is 0 Å². The zero-order chi connectivity index (χ0) is 14.4. The summed E-state index contributed by atoms with van der Waals surface area (Å²) in [5, 5.41) is 2.89. The number of hydrogen-bond acceptors (Lipinski definition) is 4. The van der Waals surface area contributed by atoms with E-state index in [9.17, 15) is 4.79 Å². The van der Waals surface area contributed by atoms with Crippen LogP contribution in [-0.2, 0) is 11.3 Å². The van der Waals surface area contributed by atoms with E-state index in [0.29, 0.717) is 6.54 Å². The number of nitrogens with two attached hydrogens (primary N) is 1. The Bertz CT molecular complexity index is 443. The number of pyridine rings is 1. The van der Waals surface area contributed by atoms with E-state index in [2.05, 4.69) is 21.3 Å². The van der Waals surface area contributed by atoms with E-state index in [0.717, 1.165) is 37.3 Å². The number of hydrogen-bond donors (Lipinski definition) is 2. The zero-order valence-electron chi connectivity index (χ0n) is 12.1. The fourth-order valence-electron chi connectivity index (χ4n) is 2.45. The number of carbonyl (C=O) groups excluding carboxylic acids is 1. The molecule has 2 rings (SSSR count). The van der Waals surface area contributed by atoms with Crippen LogP contribution < -0.4 is 16.0 Å². The highest BCUT2D eigenvalue weighted by molar-refractivity contribution is 5.81. The molecule has 1 saturated heterocycles. The van der Waals surface area contributed by atoms with E-state index < -0.39 is 6.04 Å². The Balaban J connectivity index is 1.89. The highest BCUT2D eigenvalue weighted by Crippen LogP contribution is 2.18. The van der Waals surface area contributed by atoms with Crippen LogP contribution in [0.3, 0.4) is 0 Å². The number of nitrogens with zero attached hydrogens (tertiary/aromatic N) is 2. The Kier molecular flexibility index (Phi) is 5.35. The minimum atomic E-state index is -0.403. The lowest BCUT2D eigenvalue weighted by atomic mass is 10.1. The van der Waals surface area contributed by atoms with E-state index in [4.69, 9.17) is 5.73 Å². The van der Waals surface area contributed by atoms with Crippen molar-refractivity contribution in [1.82, 2.24) is 10.3 Å². The lowest BCUT2D eigenvalue weighted by Gasteiger charge is -2.17. The standard InChI is InChI=1S/C15H24N4O/c1-2-5-13(16)15(20)18-11-12-6-7-17-14(10-12)19-8-3-4-9-19/h6-7,10,13H,2-5,8-9,11,16H2,1H3,(H,18,20). The van der Waals surface area contributed by atoms with Gasteiger partial charge in [-0.3, -0.25) is 4.79 Å². The number of nitrogens with one attached hydrogen (secondary N) is 1. The first-order chi connectivity index (χ1) is 9.70.